The highest BCUT2D eigenvalue weighted by atomic mass is 32.2. The number of hydrogen-bond acceptors (Lipinski definition) is 7. The monoisotopic (exact) mass is 589 g/mol. The fourth-order valence-corrected chi connectivity index (χ4v) is 7.05. The van der Waals surface area contributed by atoms with Gasteiger partial charge in [0, 0.05) is 25.4 Å². The van der Waals surface area contributed by atoms with E-state index in [1.165, 1.54) is 12.1 Å². The molecule has 214 valence electrons. The van der Waals surface area contributed by atoms with E-state index in [1.807, 2.05) is 6.08 Å². The number of aromatic nitrogens is 4. The zero-order chi connectivity index (χ0) is 29.2. The van der Waals surface area contributed by atoms with E-state index in [2.05, 4.69) is 15.3 Å². The summed E-state index contributed by atoms with van der Waals surface area (Å²) >= 11 is 0. The van der Waals surface area contributed by atoms with E-state index in [9.17, 15) is 31.1 Å². The molecule has 3 heterocycles. The first-order valence-corrected chi connectivity index (χ1v) is 14.0. The lowest BCUT2D eigenvalue weighted by Gasteiger charge is -2.47. The molecular weight excluding hydrogens is 566 g/mol. The lowest BCUT2D eigenvalue weighted by Crippen LogP contribution is -2.52. The number of alkyl halides is 3. The average molecular weight is 590 g/mol. The Morgan fingerprint density at radius 3 is 2.41 bits per heavy atom. The molecule has 0 amide bonds. The van der Waals surface area contributed by atoms with Crippen LogP contribution in [0, 0.1) is 18.2 Å². The van der Waals surface area contributed by atoms with Gasteiger partial charge in [-0.25, -0.2) is 17.5 Å². The summed E-state index contributed by atoms with van der Waals surface area (Å²) in [5, 5.41) is 23.9. The maximum absolute atomic E-state index is 13.6. The first-order chi connectivity index (χ1) is 19.4. The third-order valence-electron chi connectivity index (χ3n) is 7.62. The summed E-state index contributed by atoms with van der Waals surface area (Å²) in [6.45, 7) is 1.38. The standard InChI is InChI=1S/C27H23F4N5O4S/c1-16-33-34-25(40-16)24(37)26-13-17-14-32-36(21-6-4-20(28)5-7-21)23(17)12-19(26)10-11-35(15-26)41(38,39)22-8-2-18(3-9-22)27(29,30)31/h2-9,12,14,24,37H,10-11,13,15H2,1H3. The van der Waals surface area contributed by atoms with Gasteiger partial charge in [0.1, 0.15) is 11.9 Å². The highest BCUT2D eigenvalue weighted by Crippen LogP contribution is 2.52. The molecule has 41 heavy (non-hydrogen) atoms. The Balaban J connectivity index is 1.41. The molecule has 2 unspecified atom stereocenters. The second kappa shape index (κ2) is 9.60. The maximum atomic E-state index is 13.6. The number of aliphatic hydroxyl groups is 1. The van der Waals surface area contributed by atoms with Gasteiger partial charge in [0.25, 0.3) is 0 Å². The predicted octanol–water partition coefficient (Wildman–Crippen LogP) is 4.48. The van der Waals surface area contributed by atoms with Crippen molar-refractivity contribution in [3.05, 3.63) is 94.7 Å². The van der Waals surface area contributed by atoms with Gasteiger partial charge in [-0.2, -0.15) is 22.6 Å². The molecule has 1 aliphatic carbocycles. The highest BCUT2D eigenvalue weighted by Gasteiger charge is 2.52. The Labute approximate surface area is 231 Å². The minimum atomic E-state index is -4.61. The number of rotatable bonds is 5. The van der Waals surface area contributed by atoms with Gasteiger partial charge in [0.05, 0.1) is 28.0 Å². The van der Waals surface area contributed by atoms with Crippen LogP contribution in [0.5, 0.6) is 0 Å². The van der Waals surface area contributed by atoms with Crippen LogP contribution in [0.3, 0.4) is 0 Å². The number of aliphatic hydroxyl groups excluding tert-OH is 1. The molecule has 2 aromatic carbocycles. The fourth-order valence-electron chi connectivity index (χ4n) is 5.54. The molecule has 0 saturated carbocycles. The zero-order valence-electron chi connectivity index (χ0n) is 21.5. The number of halogens is 4. The van der Waals surface area contributed by atoms with Crippen LogP contribution in [0.15, 0.2) is 69.6 Å². The van der Waals surface area contributed by atoms with Crippen molar-refractivity contribution >= 4 is 16.1 Å². The fraction of sp³-hybridized carbons (Fsp3) is 0.296. The van der Waals surface area contributed by atoms with Gasteiger partial charge in [0.2, 0.25) is 21.8 Å². The Morgan fingerprint density at radius 1 is 1.07 bits per heavy atom. The molecule has 0 bridgehead atoms. The first kappa shape index (κ1) is 27.3. The van der Waals surface area contributed by atoms with E-state index < -0.39 is 39.1 Å². The molecule has 14 heteroatoms. The SMILES string of the molecule is Cc1nnc(C(O)C23Cc4cnn(-c5ccc(F)cc5)c4C=C2CCN(S(=O)(=O)c2ccc(C(F)(F)F)cc2)C3)o1. The number of sulfonamides is 1. The highest BCUT2D eigenvalue weighted by molar-refractivity contribution is 7.89. The molecule has 4 aromatic rings. The van der Waals surface area contributed by atoms with E-state index in [0.29, 0.717) is 16.9 Å². The van der Waals surface area contributed by atoms with Crippen molar-refractivity contribution in [1.82, 2.24) is 24.3 Å². The van der Waals surface area contributed by atoms with Gasteiger partial charge < -0.3 is 9.52 Å². The summed E-state index contributed by atoms with van der Waals surface area (Å²) in [6.07, 6.45) is -2.22. The smallest absolute Gasteiger partial charge is 0.416 e. The number of aryl methyl sites for hydroxylation is 1. The molecule has 1 saturated heterocycles. The first-order valence-electron chi connectivity index (χ1n) is 12.6. The lowest BCUT2D eigenvalue weighted by molar-refractivity contribution is -0.137. The summed E-state index contributed by atoms with van der Waals surface area (Å²) in [5.41, 5.74) is 0.539. The van der Waals surface area contributed by atoms with E-state index in [-0.39, 0.29) is 42.6 Å². The number of benzene rings is 2. The largest absolute Gasteiger partial charge is 0.423 e. The van der Waals surface area contributed by atoms with Gasteiger partial charge >= 0.3 is 6.18 Å². The number of hydrogen-bond donors (Lipinski definition) is 1. The molecule has 2 atom stereocenters. The van der Waals surface area contributed by atoms with Crippen molar-refractivity contribution in [3.63, 3.8) is 0 Å². The zero-order valence-corrected chi connectivity index (χ0v) is 22.3. The van der Waals surface area contributed by atoms with Crippen LogP contribution in [0.4, 0.5) is 17.6 Å². The predicted molar refractivity (Wildman–Crippen MR) is 136 cm³/mol. The van der Waals surface area contributed by atoms with Crippen molar-refractivity contribution in [1.29, 1.82) is 0 Å². The minimum Gasteiger partial charge on any atom is -0.423 e. The Morgan fingerprint density at radius 2 is 1.78 bits per heavy atom. The quantitative estimate of drug-likeness (QED) is 0.342. The second-order valence-electron chi connectivity index (χ2n) is 10.1. The van der Waals surface area contributed by atoms with Crippen LogP contribution in [-0.2, 0) is 22.6 Å². The number of piperidine rings is 1. The van der Waals surface area contributed by atoms with Crippen LogP contribution >= 0.6 is 0 Å². The molecule has 0 radical (unpaired) electrons. The van der Waals surface area contributed by atoms with Crippen molar-refractivity contribution in [2.75, 3.05) is 13.1 Å². The molecule has 1 aliphatic heterocycles. The van der Waals surface area contributed by atoms with Crippen molar-refractivity contribution in [2.45, 2.75) is 36.9 Å². The van der Waals surface area contributed by atoms with Crippen molar-refractivity contribution in [2.24, 2.45) is 5.41 Å². The van der Waals surface area contributed by atoms with E-state index in [0.717, 1.165) is 34.1 Å². The summed E-state index contributed by atoms with van der Waals surface area (Å²) in [5.74, 6) is -0.269. The summed E-state index contributed by atoms with van der Waals surface area (Å²) in [4.78, 5) is -0.295. The van der Waals surface area contributed by atoms with Gasteiger partial charge in [-0.15, -0.1) is 10.2 Å². The molecule has 9 nitrogen and oxygen atoms in total. The molecule has 1 fully saturated rings. The van der Waals surface area contributed by atoms with E-state index >= 15 is 0 Å². The topological polar surface area (TPSA) is 114 Å². The molecule has 2 aromatic heterocycles. The van der Waals surface area contributed by atoms with Gasteiger partial charge in [-0.3, -0.25) is 0 Å². The molecule has 2 aliphatic rings. The van der Waals surface area contributed by atoms with Crippen LogP contribution in [-0.4, -0.2) is 50.9 Å². The third-order valence-corrected chi connectivity index (χ3v) is 9.48. The van der Waals surface area contributed by atoms with Crippen LogP contribution in [0.25, 0.3) is 11.8 Å². The van der Waals surface area contributed by atoms with Gasteiger partial charge in [-0.05, 0) is 73.0 Å². The molecular formula is C27H23F4N5O4S. The average Bonchev–Trinajstić information content (AvgIpc) is 3.56. The Hall–Kier alpha value is -3.88. The number of nitrogens with zero attached hydrogens (tertiary/aromatic N) is 5. The third kappa shape index (κ3) is 4.65. The molecule has 0 spiro atoms. The van der Waals surface area contributed by atoms with Crippen LogP contribution in [0.1, 0.15) is 41.1 Å². The van der Waals surface area contributed by atoms with Crippen molar-refractivity contribution in [3.8, 4) is 5.69 Å². The second-order valence-corrected chi connectivity index (χ2v) is 12.1. The van der Waals surface area contributed by atoms with Gasteiger partial charge in [0.15, 0.2) is 0 Å². The minimum absolute atomic E-state index is 0.0204. The van der Waals surface area contributed by atoms with E-state index in [1.54, 1.807) is 29.9 Å². The lowest BCUT2D eigenvalue weighted by atomic mass is 9.65. The maximum Gasteiger partial charge on any atom is 0.416 e. The summed E-state index contributed by atoms with van der Waals surface area (Å²) in [7, 11) is -4.24. The van der Waals surface area contributed by atoms with Crippen LogP contribution in [0.2, 0.25) is 0 Å². The normalized spacial score (nSPS) is 20.3. The summed E-state index contributed by atoms with van der Waals surface area (Å²) in [6, 6.07) is 9.11. The Bertz CT molecular complexity index is 1750. The van der Waals surface area contributed by atoms with Crippen LogP contribution < -0.4 is 0 Å². The molecule has 1 N–H and O–H groups in total. The molecule has 6 rings (SSSR count). The van der Waals surface area contributed by atoms with Crippen molar-refractivity contribution < 1.29 is 35.5 Å². The van der Waals surface area contributed by atoms with E-state index in [4.69, 9.17) is 4.42 Å². The Kier molecular flexibility index (Phi) is 6.39. The summed E-state index contributed by atoms with van der Waals surface area (Å²) < 4.78 is 88.3. The number of fused-ring (bicyclic) bond motifs is 2. The van der Waals surface area contributed by atoms with Gasteiger partial charge in [-0.1, -0.05) is 5.57 Å².